The van der Waals surface area contributed by atoms with Crippen LogP contribution in [0.25, 0.3) is 5.69 Å². The van der Waals surface area contributed by atoms with Gasteiger partial charge in [0.25, 0.3) is 5.92 Å². The Morgan fingerprint density at radius 2 is 2.25 bits per heavy atom. The van der Waals surface area contributed by atoms with Crippen LogP contribution in [-0.2, 0) is 5.92 Å². The molecular formula is C10H7ClF2N3. The van der Waals surface area contributed by atoms with Gasteiger partial charge in [0, 0.05) is 19.2 Å². The summed E-state index contributed by atoms with van der Waals surface area (Å²) in [6.07, 6.45) is 2.65. The summed E-state index contributed by atoms with van der Waals surface area (Å²) >= 11 is 5.81. The summed E-state index contributed by atoms with van der Waals surface area (Å²) in [5, 5.41) is 3.89. The molecule has 0 saturated heterocycles. The van der Waals surface area contributed by atoms with Crippen molar-refractivity contribution < 1.29 is 8.78 Å². The molecule has 2 aromatic rings. The Bertz CT molecular complexity index is 505. The van der Waals surface area contributed by atoms with Gasteiger partial charge in [-0.15, -0.1) is 0 Å². The van der Waals surface area contributed by atoms with Gasteiger partial charge in [-0.05, 0) is 12.1 Å². The summed E-state index contributed by atoms with van der Waals surface area (Å²) < 4.78 is 27.5. The van der Waals surface area contributed by atoms with Crippen molar-refractivity contribution >= 4 is 11.6 Å². The summed E-state index contributed by atoms with van der Waals surface area (Å²) in [5.74, 6) is -3.03. The third-order valence-corrected chi connectivity index (χ3v) is 2.26. The molecule has 0 fully saturated rings. The molecule has 0 aliphatic rings. The molecule has 0 bridgehead atoms. The summed E-state index contributed by atoms with van der Waals surface area (Å²) in [5.41, 5.74) is -0.0376. The number of nitrogens with zero attached hydrogens (tertiary/aromatic N) is 3. The van der Waals surface area contributed by atoms with Gasteiger partial charge in [0.2, 0.25) is 0 Å². The molecule has 83 valence electrons. The maximum atomic E-state index is 13.2. The lowest BCUT2D eigenvalue weighted by atomic mass is 10.2. The Kier molecular flexibility index (Phi) is 2.63. The maximum Gasteiger partial charge on any atom is 0.287 e. The van der Waals surface area contributed by atoms with E-state index >= 15 is 0 Å². The lowest BCUT2D eigenvalue weighted by Crippen LogP contribution is -2.15. The van der Waals surface area contributed by atoms with Gasteiger partial charge in [-0.25, -0.2) is 9.67 Å². The van der Waals surface area contributed by atoms with Crippen molar-refractivity contribution in [1.29, 1.82) is 0 Å². The highest BCUT2D eigenvalue weighted by molar-refractivity contribution is 6.31. The lowest BCUT2D eigenvalue weighted by molar-refractivity contribution is 0.00996. The van der Waals surface area contributed by atoms with Crippen molar-refractivity contribution in [2.75, 3.05) is 0 Å². The van der Waals surface area contributed by atoms with Crippen molar-refractivity contribution in [2.24, 2.45) is 0 Å². The van der Waals surface area contributed by atoms with Crippen LogP contribution in [0.1, 0.15) is 12.6 Å². The summed E-state index contributed by atoms with van der Waals surface area (Å²) in [6.45, 7) is 0.779. The molecule has 3 nitrogen and oxygen atoms in total. The van der Waals surface area contributed by atoms with Gasteiger partial charge in [0.1, 0.15) is 11.4 Å². The predicted octanol–water partition coefficient (Wildman–Crippen LogP) is 2.83. The molecule has 0 spiro atoms. The van der Waals surface area contributed by atoms with E-state index in [9.17, 15) is 8.78 Å². The minimum atomic E-state index is -3.03. The summed E-state index contributed by atoms with van der Waals surface area (Å²) in [7, 11) is 0. The van der Waals surface area contributed by atoms with E-state index < -0.39 is 5.92 Å². The SMILES string of the molecule is CC(F)(F)c1[c]cnn1-c1cccnc1Cl. The zero-order chi connectivity index (χ0) is 11.8. The van der Waals surface area contributed by atoms with E-state index in [0.29, 0.717) is 5.69 Å². The molecule has 0 aliphatic heterocycles. The highest BCUT2D eigenvalue weighted by Crippen LogP contribution is 2.29. The van der Waals surface area contributed by atoms with E-state index in [-0.39, 0.29) is 10.8 Å². The third kappa shape index (κ3) is 1.90. The van der Waals surface area contributed by atoms with E-state index in [2.05, 4.69) is 16.1 Å². The first kappa shape index (κ1) is 11.0. The minimum absolute atomic E-state index is 0.116. The van der Waals surface area contributed by atoms with E-state index in [1.54, 1.807) is 12.1 Å². The van der Waals surface area contributed by atoms with Crippen LogP contribution in [0, 0.1) is 6.07 Å². The molecule has 0 atom stereocenters. The average molecular weight is 243 g/mol. The number of alkyl halides is 2. The van der Waals surface area contributed by atoms with Gasteiger partial charge in [-0.2, -0.15) is 13.9 Å². The first-order valence-electron chi connectivity index (χ1n) is 4.45. The number of pyridine rings is 1. The van der Waals surface area contributed by atoms with Gasteiger partial charge in [-0.1, -0.05) is 11.6 Å². The Labute approximate surface area is 95.7 Å². The van der Waals surface area contributed by atoms with Crippen LogP contribution >= 0.6 is 11.6 Å². The second-order valence-electron chi connectivity index (χ2n) is 3.25. The first-order chi connectivity index (χ1) is 7.50. The maximum absolute atomic E-state index is 13.2. The van der Waals surface area contributed by atoms with Crippen molar-refractivity contribution in [1.82, 2.24) is 14.8 Å². The number of hydrogen-bond acceptors (Lipinski definition) is 2. The van der Waals surface area contributed by atoms with Crippen molar-refractivity contribution in [3.8, 4) is 5.69 Å². The van der Waals surface area contributed by atoms with Gasteiger partial charge in [0.05, 0.1) is 6.20 Å². The van der Waals surface area contributed by atoms with Crippen LogP contribution in [0.4, 0.5) is 8.78 Å². The molecule has 2 heterocycles. The molecule has 0 unspecified atom stereocenters. The number of rotatable bonds is 2. The molecule has 6 heteroatoms. The first-order valence-corrected chi connectivity index (χ1v) is 4.83. The van der Waals surface area contributed by atoms with Crippen LogP contribution in [-0.4, -0.2) is 14.8 Å². The predicted molar refractivity (Wildman–Crippen MR) is 54.8 cm³/mol. The van der Waals surface area contributed by atoms with Crippen LogP contribution in [0.5, 0.6) is 0 Å². The van der Waals surface area contributed by atoms with Gasteiger partial charge >= 0.3 is 0 Å². The second kappa shape index (κ2) is 3.83. The van der Waals surface area contributed by atoms with Crippen LogP contribution in [0.2, 0.25) is 5.15 Å². The average Bonchev–Trinajstić information content (AvgIpc) is 2.66. The minimum Gasteiger partial charge on any atom is -0.242 e. The van der Waals surface area contributed by atoms with E-state index in [4.69, 9.17) is 11.6 Å². The fourth-order valence-electron chi connectivity index (χ4n) is 1.30. The Morgan fingerprint density at radius 1 is 1.50 bits per heavy atom. The molecular weight excluding hydrogens is 236 g/mol. The highest BCUT2D eigenvalue weighted by atomic mass is 35.5. The van der Waals surface area contributed by atoms with Gasteiger partial charge in [-0.3, -0.25) is 0 Å². The lowest BCUT2D eigenvalue weighted by Gasteiger charge is -2.13. The molecule has 2 rings (SSSR count). The Hall–Kier alpha value is -1.49. The molecule has 0 amide bonds. The van der Waals surface area contributed by atoms with Gasteiger partial charge in [0.15, 0.2) is 5.15 Å². The fourth-order valence-corrected chi connectivity index (χ4v) is 1.50. The second-order valence-corrected chi connectivity index (χ2v) is 3.61. The molecule has 2 aromatic heterocycles. The fraction of sp³-hybridized carbons (Fsp3) is 0.200. The topological polar surface area (TPSA) is 30.7 Å². The highest BCUT2D eigenvalue weighted by Gasteiger charge is 2.30. The quantitative estimate of drug-likeness (QED) is 0.758. The van der Waals surface area contributed by atoms with E-state index in [1.165, 1.54) is 12.4 Å². The molecule has 0 aromatic carbocycles. The third-order valence-electron chi connectivity index (χ3n) is 1.97. The molecule has 0 aliphatic carbocycles. The summed E-state index contributed by atoms with van der Waals surface area (Å²) in [4.78, 5) is 3.80. The van der Waals surface area contributed by atoms with E-state index in [0.717, 1.165) is 11.6 Å². The summed E-state index contributed by atoms with van der Waals surface area (Å²) in [6, 6.07) is 5.55. The largest absolute Gasteiger partial charge is 0.287 e. The van der Waals surface area contributed by atoms with Crippen molar-refractivity contribution in [3.63, 3.8) is 0 Å². The molecule has 1 radical (unpaired) electrons. The van der Waals surface area contributed by atoms with Crippen LogP contribution in [0.3, 0.4) is 0 Å². The van der Waals surface area contributed by atoms with Crippen molar-refractivity contribution in [2.45, 2.75) is 12.8 Å². The number of aromatic nitrogens is 3. The zero-order valence-electron chi connectivity index (χ0n) is 8.28. The van der Waals surface area contributed by atoms with Crippen LogP contribution in [0.15, 0.2) is 24.5 Å². The molecule has 0 N–H and O–H groups in total. The standard InChI is InChI=1S/C10H7ClF2N3/c1-10(12,13)8-4-6-15-16(8)7-3-2-5-14-9(7)11/h2-3,5-6H,1H3. The molecule has 0 saturated carbocycles. The Morgan fingerprint density at radius 3 is 2.88 bits per heavy atom. The van der Waals surface area contributed by atoms with Gasteiger partial charge < -0.3 is 0 Å². The smallest absolute Gasteiger partial charge is 0.242 e. The normalized spacial score (nSPS) is 11.8. The number of halogens is 3. The van der Waals surface area contributed by atoms with Crippen molar-refractivity contribution in [3.05, 3.63) is 41.4 Å². The zero-order valence-corrected chi connectivity index (χ0v) is 9.04. The number of hydrogen-bond donors (Lipinski definition) is 0. The van der Waals surface area contributed by atoms with E-state index in [1.807, 2.05) is 0 Å². The monoisotopic (exact) mass is 242 g/mol. The van der Waals surface area contributed by atoms with Crippen LogP contribution < -0.4 is 0 Å². The Balaban J connectivity index is 2.58. The molecule has 16 heavy (non-hydrogen) atoms.